The molecule has 2 nitrogen and oxygen atoms in total. The minimum atomic E-state index is -0.522. The third-order valence-corrected chi connectivity index (χ3v) is 0.544. The van der Waals surface area contributed by atoms with Crippen LogP contribution in [-0.4, -0.2) is 16.1 Å². The van der Waals surface area contributed by atoms with E-state index in [1.54, 1.807) is 0 Å². The predicted octanol–water partition coefficient (Wildman–Crippen LogP) is -0.846. The maximum atomic E-state index is 9.77. The number of carbonyl (C=O) groups excluding carboxylic acids is 1. The van der Waals surface area contributed by atoms with Gasteiger partial charge in [0.2, 0.25) is 5.91 Å². The molecule has 1 amide bonds. The molecule has 2 N–H and O–H groups in total. The molecule has 31 valence electrons. The van der Waals surface area contributed by atoms with Crippen molar-refractivity contribution < 1.29 is 4.79 Å². The van der Waals surface area contributed by atoms with Crippen LogP contribution >= 0.6 is 0 Å². The van der Waals surface area contributed by atoms with E-state index < -0.39 is 5.91 Å². The number of rotatable bonds is 1. The maximum Gasteiger partial charge on any atom is 0.239 e. The van der Waals surface area contributed by atoms with E-state index in [1.807, 2.05) is 0 Å². The quantitative estimate of drug-likeness (QED) is 0.337. The molecule has 0 saturated heterocycles. The number of hydrogen-bond donors (Lipinski definition) is 1. The molecule has 0 aliphatic rings. The minimum absolute atomic E-state index is 0.204. The molecule has 0 unspecified atom stereocenters. The van der Waals surface area contributed by atoms with Crippen molar-refractivity contribution in [2.24, 2.45) is 5.73 Å². The van der Waals surface area contributed by atoms with Gasteiger partial charge in [-0.2, -0.15) is 0 Å². The minimum Gasteiger partial charge on any atom is -0.366 e. The molecular weight excluding hydrogens is 94.1 g/mol. The van der Waals surface area contributed by atoms with Gasteiger partial charge in [-0.1, -0.05) is 6.58 Å². The van der Waals surface area contributed by atoms with Crippen LogP contribution in [0.1, 0.15) is 0 Å². The highest BCUT2D eigenvalue weighted by atomic mass is 28.1. The first-order chi connectivity index (χ1) is 2.64. The normalized spacial score (nSPS) is 7.50. The first kappa shape index (κ1) is 5.43. The first-order valence-electron chi connectivity index (χ1n) is 1.35. The van der Waals surface area contributed by atoms with Crippen molar-refractivity contribution in [3.63, 3.8) is 0 Å². The molecule has 0 spiro atoms. The Kier molecular flexibility index (Phi) is 1.60. The Balaban J connectivity index is 3.57. The number of amides is 1. The highest BCUT2D eigenvalue weighted by Gasteiger charge is 1.87. The third-order valence-electron chi connectivity index (χ3n) is 0.297. The van der Waals surface area contributed by atoms with E-state index in [0.29, 0.717) is 0 Å². The van der Waals surface area contributed by atoms with E-state index in [2.05, 4.69) is 22.6 Å². The standard InChI is InChI=1S/C3H4NOSi/c1-2(6)3(4)5/h1H2,(H2,4,5). The van der Waals surface area contributed by atoms with Gasteiger partial charge in [-0.3, -0.25) is 4.79 Å². The van der Waals surface area contributed by atoms with E-state index in [-0.39, 0.29) is 5.20 Å². The number of primary amides is 1. The van der Waals surface area contributed by atoms with Gasteiger partial charge in [-0.15, -0.1) is 0 Å². The molecule has 6 heavy (non-hydrogen) atoms. The van der Waals surface area contributed by atoms with Crippen LogP contribution in [0.15, 0.2) is 11.8 Å². The lowest BCUT2D eigenvalue weighted by atomic mass is 10.6. The monoisotopic (exact) mass is 98.0 g/mol. The van der Waals surface area contributed by atoms with Crippen LogP contribution in [0.4, 0.5) is 0 Å². The Hall–Kier alpha value is -0.573. The molecule has 0 aromatic rings. The van der Waals surface area contributed by atoms with Gasteiger partial charge < -0.3 is 5.73 Å². The van der Waals surface area contributed by atoms with Gasteiger partial charge in [-0.25, -0.2) is 0 Å². The Morgan fingerprint density at radius 3 is 2.00 bits per heavy atom. The second-order valence-electron chi connectivity index (χ2n) is 0.843. The molecule has 3 radical (unpaired) electrons. The van der Waals surface area contributed by atoms with Gasteiger partial charge in [0.1, 0.15) is 0 Å². The number of nitrogens with two attached hydrogens (primary N) is 1. The molecule has 0 aliphatic carbocycles. The molecule has 0 aliphatic heterocycles. The lowest BCUT2D eigenvalue weighted by Gasteiger charge is -1.81. The lowest BCUT2D eigenvalue weighted by Crippen LogP contribution is -2.12. The van der Waals surface area contributed by atoms with Crippen molar-refractivity contribution in [2.75, 3.05) is 0 Å². The summed E-state index contributed by atoms with van der Waals surface area (Å²) in [4.78, 5) is 9.77. The van der Waals surface area contributed by atoms with E-state index in [1.165, 1.54) is 0 Å². The van der Waals surface area contributed by atoms with Gasteiger partial charge in [0.25, 0.3) is 0 Å². The summed E-state index contributed by atoms with van der Waals surface area (Å²) >= 11 is 0. The Bertz CT molecular complexity index is 76.8. The van der Waals surface area contributed by atoms with Crippen molar-refractivity contribution in [3.8, 4) is 0 Å². The second-order valence-corrected chi connectivity index (χ2v) is 1.45. The fourth-order valence-corrected chi connectivity index (χ4v) is 0. The zero-order valence-electron chi connectivity index (χ0n) is 3.19. The second kappa shape index (κ2) is 1.77. The Morgan fingerprint density at radius 1 is 1.83 bits per heavy atom. The molecule has 0 atom stereocenters. The van der Waals surface area contributed by atoms with Crippen LogP contribution < -0.4 is 5.73 Å². The van der Waals surface area contributed by atoms with E-state index in [0.717, 1.165) is 0 Å². The molecule has 3 heteroatoms. The largest absolute Gasteiger partial charge is 0.366 e. The highest BCUT2D eigenvalue weighted by Crippen LogP contribution is 1.70. The smallest absolute Gasteiger partial charge is 0.239 e. The molecule has 0 aromatic carbocycles. The molecule has 0 aromatic heterocycles. The maximum absolute atomic E-state index is 9.77. The number of carbonyl (C=O) groups is 1. The summed E-state index contributed by atoms with van der Waals surface area (Å²) in [5.74, 6) is -0.522. The highest BCUT2D eigenvalue weighted by molar-refractivity contribution is 6.35. The molecule has 0 fully saturated rings. The van der Waals surface area contributed by atoms with Gasteiger partial charge in [0.15, 0.2) is 0 Å². The van der Waals surface area contributed by atoms with E-state index >= 15 is 0 Å². The summed E-state index contributed by atoms with van der Waals surface area (Å²) in [5.41, 5.74) is 4.65. The van der Waals surface area contributed by atoms with Crippen LogP contribution in [0, 0.1) is 0 Å². The fraction of sp³-hybridized carbons (Fsp3) is 0. The van der Waals surface area contributed by atoms with Crippen LogP contribution in [0.25, 0.3) is 0 Å². The topological polar surface area (TPSA) is 43.1 Å². The lowest BCUT2D eigenvalue weighted by molar-refractivity contribution is -0.113. The summed E-state index contributed by atoms with van der Waals surface area (Å²) < 4.78 is 0. The van der Waals surface area contributed by atoms with Crippen molar-refractivity contribution in [3.05, 3.63) is 11.8 Å². The SMILES string of the molecule is C=C([Si])C(N)=O. The Labute approximate surface area is 39.5 Å². The fourth-order valence-electron chi connectivity index (χ4n) is 0. The van der Waals surface area contributed by atoms with Crippen LogP contribution in [0.5, 0.6) is 0 Å². The van der Waals surface area contributed by atoms with Crippen molar-refractivity contribution in [1.29, 1.82) is 0 Å². The molecule has 0 rings (SSSR count). The summed E-state index contributed by atoms with van der Waals surface area (Å²) in [6.45, 7) is 3.19. The van der Waals surface area contributed by atoms with Crippen molar-refractivity contribution in [1.82, 2.24) is 0 Å². The Morgan fingerprint density at radius 2 is 2.00 bits per heavy atom. The zero-order chi connectivity index (χ0) is 5.15. The molecule has 0 bridgehead atoms. The summed E-state index contributed by atoms with van der Waals surface area (Å²) in [7, 11) is 2.81. The van der Waals surface area contributed by atoms with Gasteiger partial charge >= 0.3 is 0 Å². The van der Waals surface area contributed by atoms with Gasteiger partial charge in [0, 0.05) is 0 Å². The molecule has 0 heterocycles. The van der Waals surface area contributed by atoms with Crippen LogP contribution in [-0.2, 0) is 4.79 Å². The average Bonchev–Trinajstić information content (AvgIpc) is 1.36. The van der Waals surface area contributed by atoms with Gasteiger partial charge in [-0.05, 0) is 5.20 Å². The van der Waals surface area contributed by atoms with Crippen molar-refractivity contribution >= 4 is 16.1 Å². The molecule has 0 saturated carbocycles. The van der Waals surface area contributed by atoms with E-state index in [4.69, 9.17) is 0 Å². The predicted molar refractivity (Wildman–Crippen MR) is 24.1 cm³/mol. The van der Waals surface area contributed by atoms with Gasteiger partial charge in [0.05, 0.1) is 10.2 Å². The summed E-state index contributed by atoms with van der Waals surface area (Å²) in [6.07, 6.45) is 0. The van der Waals surface area contributed by atoms with Crippen LogP contribution in [0.3, 0.4) is 0 Å². The van der Waals surface area contributed by atoms with E-state index in [9.17, 15) is 4.79 Å². The van der Waals surface area contributed by atoms with Crippen molar-refractivity contribution in [2.45, 2.75) is 0 Å². The van der Waals surface area contributed by atoms with Crippen LogP contribution in [0.2, 0.25) is 0 Å². The number of hydrogen-bond acceptors (Lipinski definition) is 1. The molecular formula is C3H4NOSi. The zero-order valence-corrected chi connectivity index (χ0v) is 4.19. The summed E-state index contributed by atoms with van der Waals surface area (Å²) in [6, 6.07) is 0. The average molecular weight is 98.2 g/mol. The first-order valence-corrected chi connectivity index (χ1v) is 1.85. The third kappa shape index (κ3) is 1.72. The summed E-state index contributed by atoms with van der Waals surface area (Å²) in [5, 5.41) is 0.204.